The van der Waals surface area contributed by atoms with E-state index in [9.17, 15) is 0 Å². The number of halogens is 1. The lowest BCUT2D eigenvalue weighted by molar-refractivity contribution is -0.0326. The monoisotopic (exact) mass is 414 g/mol. The molecule has 122 valence electrons. The predicted octanol–water partition coefficient (Wildman–Crippen LogP) is 6.68. The van der Waals surface area contributed by atoms with E-state index in [1.54, 1.807) is 0 Å². The first-order valence-corrected chi connectivity index (χ1v) is 9.55. The van der Waals surface area contributed by atoms with E-state index in [0.29, 0.717) is 5.41 Å². The normalized spacial score (nSPS) is 14.7. The lowest BCUT2D eigenvalue weighted by Gasteiger charge is -2.33. The average Bonchev–Trinajstić information content (AvgIpc) is 2.09. The third-order valence-electron chi connectivity index (χ3n) is 3.19. The molecular formula is C17H35IOS. The molecule has 0 aromatic carbocycles. The largest absolute Gasteiger partial charge is 0.376 e. The molecule has 0 N–H and O–H groups in total. The van der Waals surface area contributed by atoms with Crippen LogP contribution in [0.1, 0.15) is 81.6 Å². The van der Waals surface area contributed by atoms with Crippen molar-refractivity contribution in [1.29, 1.82) is 0 Å². The van der Waals surface area contributed by atoms with Gasteiger partial charge in [-0.3, -0.25) is 0 Å². The number of rotatable bonds is 8. The van der Waals surface area contributed by atoms with Crippen LogP contribution in [0.3, 0.4) is 0 Å². The first-order valence-electron chi connectivity index (χ1n) is 7.65. The summed E-state index contributed by atoms with van der Waals surface area (Å²) in [5.41, 5.74) is 0.384. The van der Waals surface area contributed by atoms with E-state index in [-0.39, 0.29) is 13.1 Å². The van der Waals surface area contributed by atoms with Gasteiger partial charge in [0.05, 0.1) is 8.35 Å². The van der Waals surface area contributed by atoms with Crippen molar-refractivity contribution in [2.75, 3.05) is 6.61 Å². The van der Waals surface area contributed by atoms with Gasteiger partial charge in [0.2, 0.25) is 0 Å². The van der Waals surface area contributed by atoms with Crippen LogP contribution in [0.25, 0.3) is 0 Å². The molecule has 0 amide bonds. The molecule has 20 heavy (non-hydrogen) atoms. The van der Waals surface area contributed by atoms with Gasteiger partial charge in [-0.05, 0) is 52.4 Å². The first-order chi connectivity index (χ1) is 8.62. The van der Waals surface area contributed by atoms with Gasteiger partial charge in [-0.1, -0.05) is 57.2 Å². The number of ether oxygens (including phenoxy) is 1. The van der Waals surface area contributed by atoms with Crippen molar-refractivity contribution in [2.45, 2.75) is 94.7 Å². The van der Waals surface area contributed by atoms with Crippen LogP contribution in [0, 0.1) is 5.41 Å². The third kappa shape index (κ3) is 12.8. The quantitative estimate of drug-likeness (QED) is 0.324. The van der Waals surface area contributed by atoms with Crippen LogP contribution >= 0.6 is 34.4 Å². The van der Waals surface area contributed by atoms with Crippen LogP contribution in [0.15, 0.2) is 0 Å². The minimum absolute atomic E-state index is 0.00608. The molecule has 0 radical (unpaired) electrons. The molecule has 0 rings (SSSR count). The van der Waals surface area contributed by atoms with Crippen molar-refractivity contribution < 1.29 is 4.74 Å². The summed E-state index contributed by atoms with van der Waals surface area (Å²) in [4.78, 5) is 0. The molecule has 0 saturated carbocycles. The number of alkyl halides is 1. The van der Waals surface area contributed by atoms with E-state index in [0.717, 1.165) is 19.4 Å². The van der Waals surface area contributed by atoms with Crippen LogP contribution in [-0.4, -0.2) is 19.7 Å². The van der Waals surface area contributed by atoms with Crippen molar-refractivity contribution >= 4 is 34.4 Å². The number of hydrogen-bond acceptors (Lipinski definition) is 2. The maximum absolute atomic E-state index is 6.16. The summed E-state index contributed by atoms with van der Waals surface area (Å²) in [6.45, 7) is 21.4. The Morgan fingerprint density at radius 2 is 1.30 bits per heavy atom. The molecule has 0 unspecified atom stereocenters. The second kappa shape index (κ2) is 7.54. The summed E-state index contributed by atoms with van der Waals surface area (Å²) < 4.78 is 6.71. The van der Waals surface area contributed by atoms with Crippen LogP contribution in [-0.2, 0) is 4.74 Å². The second-order valence-corrected chi connectivity index (χ2v) is 14.4. The predicted molar refractivity (Wildman–Crippen MR) is 103 cm³/mol. The lowest BCUT2D eigenvalue weighted by Crippen LogP contribution is -2.30. The van der Waals surface area contributed by atoms with Crippen LogP contribution < -0.4 is 0 Å². The fraction of sp³-hybridized carbons (Fsp3) is 1.00. The maximum atomic E-state index is 6.16. The maximum Gasteiger partial charge on any atom is 0.0626 e. The highest BCUT2D eigenvalue weighted by Crippen LogP contribution is 2.42. The van der Waals surface area contributed by atoms with Crippen LogP contribution in [0.2, 0.25) is 0 Å². The third-order valence-corrected chi connectivity index (χ3v) is 5.10. The minimum atomic E-state index is -0.00608. The summed E-state index contributed by atoms with van der Waals surface area (Å²) in [6, 6.07) is 0. The Kier molecular flexibility index (Phi) is 7.93. The Balaban J connectivity index is 4.15. The smallest absolute Gasteiger partial charge is 0.0626 e. The molecule has 0 aliphatic heterocycles. The summed E-state index contributed by atoms with van der Waals surface area (Å²) in [6.07, 6.45) is 3.43. The zero-order chi connectivity index (χ0) is 16.2. The Hall–Kier alpha value is 1.04. The van der Waals surface area contributed by atoms with E-state index in [1.807, 2.05) is 11.8 Å². The van der Waals surface area contributed by atoms with E-state index >= 15 is 0 Å². The van der Waals surface area contributed by atoms with E-state index in [4.69, 9.17) is 4.74 Å². The molecule has 0 aromatic heterocycles. The van der Waals surface area contributed by atoms with Crippen molar-refractivity contribution in [2.24, 2.45) is 5.41 Å². The molecule has 0 bridgehead atoms. The fourth-order valence-electron chi connectivity index (χ4n) is 2.03. The first kappa shape index (κ1) is 21.0. The highest BCUT2D eigenvalue weighted by molar-refractivity contribution is 14.1. The van der Waals surface area contributed by atoms with Gasteiger partial charge in [0, 0.05) is 11.4 Å². The molecule has 0 aliphatic rings. The summed E-state index contributed by atoms with van der Waals surface area (Å²) in [5.74, 6) is 0. The van der Waals surface area contributed by atoms with Crippen LogP contribution in [0.5, 0.6) is 0 Å². The zero-order valence-corrected chi connectivity index (χ0v) is 18.0. The lowest BCUT2D eigenvalue weighted by atomic mass is 9.86. The highest BCUT2D eigenvalue weighted by atomic mass is 127. The summed E-state index contributed by atoms with van der Waals surface area (Å²) in [7, 11) is 0. The molecule has 3 heteroatoms. The van der Waals surface area contributed by atoms with E-state index in [2.05, 4.69) is 84.9 Å². The number of thioether (sulfide) groups is 1. The number of hydrogen-bond donors (Lipinski definition) is 0. The SMILES string of the molecule is CC(C)(C)CCC(C)(C)OCCC(C)(C)SC(C)(C)I. The Morgan fingerprint density at radius 1 is 0.800 bits per heavy atom. The fourth-order valence-corrected chi connectivity index (χ4v) is 5.32. The van der Waals surface area contributed by atoms with Gasteiger partial charge in [0.25, 0.3) is 0 Å². The Labute approximate surface area is 145 Å². The average molecular weight is 414 g/mol. The van der Waals surface area contributed by atoms with E-state index < -0.39 is 0 Å². The van der Waals surface area contributed by atoms with Crippen molar-refractivity contribution in [3.05, 3.63) is 0 Å². The van der Waals surface area contributed by atoms with Gasteiger partial charge in [-0.2, -0.15) is 0 Å². The van der Waals surface area contributed by atoms with Gasteiger partial charge in [-0.25, -0.2) is 0 Å². The molecule has 0 spiro atoms. The second-order valence-electron chi connectivity index (χ2n) is 8.64. The Morgan fingerprint density at radius 3 is 1.70 bits per heavy atom. The molecule has 0 heterocycles. The van der Waals surface area contributed by atoms with Gasteiger partial charge >= 0.3 is 0 Å². The van der Waals surface area contributed by atoms with Gasteiger partial charge < -0.3 is 4.74 Å². The molecule has 0 aliphatic carbocycles. The summed E-state index contributed by atoms with van der Waals surface area (Å²) >= 11 is 4.55. The van der Waals surface area contributed by atoms with Gasteiger partial charge in [0.1, 0.15) is 0 Å². The van der Waals surface area contributed by atoms with E-state index in [1.165, 1.54) is 6.42 Å². The summed E-state index contributed by atoms with van der Waals surface area (Å²) in [5, 5.41) is 0. The molecule has 0 saturated heterocycles. The molecule has 1 nitrogen and oxygen atoms in total. The molecular weight excluding hydrogens is 379 g/mol. The van der Waals surface area contributed by atoms with Gasteiger partial charge in [-0.15, -0.1) is 11.8 Å². The molecule has 0 atom stereocenters. The zero-order valence-electron chi connectivity index (χ0n) is 15.0. The molecule has 0 fully saturated rings. The standard InChI is InChI=1S/C17H35IOS/c1-14(2,3)10-11-15(4,5)19-13-12-16(6,7)20-17(8,9)18/h10-13H2,1-9H3. The highest BCUT2D eigenvalue weighted by Gasteiger charge is 2.28. The molecule has 0 aromatic rings. The minimum Gasteiger partial charge on any atom is -0.376 e. The Bertz CT molecular complexity index is 284. The van der Waals surface area contributed by atoms with Gasteiger partial charge in [0.15, 0.2) is 0 Å². The van der Waals surface area contributed by atoms with Crippen molar-refractivity contribution in [1.82, 2.24) is 0 Å². The van der Waals surface area contributed by atoms with Crippen molar-refractivity contribution in [3.8, 4) is 0 Å². The van der Waals surface area contributed by atoms with Crippen LogP contribution in [0.4, 0.5) is 0 Å². The van der Waals surface area contributed by atoms with Crippen molar-refractivity contribution in [3.63, 3.8) is 0 Å². The topological polar surface area (TPSA) is 9.23 Å².